The predicted molar refractivity (Wildman–Crippen MR) is 134 cm³/mol. The number of benzene rings is 3. The van der Waals surface area contributed by atoms with Gasteiger partial charge in [0.1, 0.15) is 5.82 Å². The Labute approximate surface area is 200 Å². The molecule has 0 aromatic heterocycles. The zero-order valence-corrected chi connectivity index (χ0v) is 19.6. The molecule has 2 atom stereocenters. The second-order valence-corrected chi connectivity index (χ2v) is 8.58. The van der Waals surface area contributed by atoms with E-state index in [2.05, 4.69) is 24.4 Å². The van der Waals surface area contributed by atoms with Crippen molar-refractivity contribution in [1.82, 2.24) is 5.32 Å². The van der Waals surface area contributed by atoms with Gasteiger partial charge in [0.05, 0.1) is 0 Å². The van der Waals surface area contributed by atoms with Crippen LogP contribution in [0.3, 0.4) is 0 Å². The van der Waals surface area contributed by atoms with Crippen molar-refractivity contribution in [1.29, 1.82) is 0 Å². The van der Waals surface area contributed by atoms with E-state index < -0.39 is 11.7 Å². The molecule has 1 amide bonds. The van der Waals surface area contributed by atoms with Crippen molar-refractivity contribution in [2.24, 2.45) is 11.5 Å². The lowest BCUT2D eigenvalue weighted by atomic mass is 9.88. The minimum absolute atomic E-state index is 0.0120. The zero-order valence-electron chi connectivity index (χ0n) is 18.9. The Morgan fingerprint density at radius 2 is 1.82 bits per heavy atom. The molecular weight excluding hydrogens is 437 g/mol. The van der Waals surface area contributed by atoms with Crippen molar-refractivity contribution in [2.75, 3.05) is 13.1 Å². The molecule has 0 aliphatic carbocycles. The van der Waals surface area contributed by atoms with Crippen LogP contribution in [0.1, 0.15) is 53.6 Å². The van der Waals surface area contributed by atoms with Gasteiger partial charge in [-0.05, 0) is 61.2 Å². The number of hydrogen-bond acceptors (Lipinski definition) is 3. The standard InChI is InChI=1S/C27H31ClFN3O/c1-2-20(10-7-15-30)32-17-23(18-8-4-3-5-9-18)19-13-14-24(28)22(16-19)26-21(27(31)33)11-6-12-25(26)29/h3-6,8-9,11-14,16,20,23,32H,2,7,10,15,17,30H2,1H3,(H2,31,33)/t20-,23?/m0/s1. The highest BCUT2D eigenvalue weighted by Crippen LogP contribution is 2.36. The second-order valence-electron chi connectivity index (χ2n) is 8.17. The van der Waals surface area contributed by atoms with Gasteiger partial charge in [-0.2, -0.15) is 0 Å². The molecule has 3 aromatic carbocycles. The first-order valence-corrected chi connectivity index (χ1v) is 11.7. The fraction of sp³-hybridized carbons (Fsp3) is 0.296. The molecule has 0 saturated carbocycles. The van der Waals surface area contributed by atoms with Gasteiger partial charge in [0.2, 0.25) is 5.91 Å². The van der Waals surface area contributed by atoms with E-state index in [4.69, 9.17) is 23.1 Å². The Morgan fingerprint density at radius 1 is 1.06 bits per heavy atom. The van der Waals surface area contributed by atoms with Gasteiger partial charge in [0.15, 0.2) is 0 Å². The number of nitrogens with two attached hydrogens (primary N) is 2. The highest BCUT2D eigenvalue weighted by atomic mass is 35.5. The number of carbonyl (C=O) groups is 1. The first kappa shape index (κ1) is 24.9. The average Bonchev–Trinajstić information content (AvgIpc) is 2.82. The van der Waals surface area contributed by atoms with E-state index in [0.29, 0.717) is 29.7 Å². The quantitative estimate of drug-likeness (QED) is 0.349. The minimum atomic E-state index is -0.696. The van der Waals surface area contributed by atoms with Crippen molar-refractivity contribution in [3.8, 4) is 11.1 Å². The molecule has 1 unspecified atom stereocenters. The summed E-state index contributed by atoms with van der Waals surface area (Å²) in [4.78, 5) is 12.0. The van der Waals surface area contributed by atoms with Crippen molar-refractivity contribution < 1.29 is 9.18 Å². The Morgan fingerprint density at radius 3 is 2.48 bits per heavy atom. The summed E-state index contributed by atoms with van der Waals surface area (Å²) in [6.07, 6.45) is 2.98. The maximum absolute atomic E-state index is 14.9. The summed E-state index contributed by atoms with van der Waals surface area (Å²) >= 11 is 6.49. The Kier molecular flexibility index (Phi) is 9.01. The van der Waals surface area contributed by atoms with Crippen molar-refractivity contribution in [2.45, 2.75) is 38.1 Å². The van der Waals surface area contributed by atoms with Gasteiger partial charge >= 0.3 is 0 Å². The van der Waals surface area contributed by atoms with E-state index >= 15 is 0 Å². The van der Waals surface area contributed by atoms with Gasteiger partial charge in [-0.25, -0.2) is 4.39 Å². The molecule has 33 heavy (non-hydrogen) atoms. The highest BCUT2D eigenvalue weighted by molar-refractivity contribution is 6.33. The molecule has 0 heterocycles. The summed E-state index contributed by atoms with van der Waals surface area (Å²) in [5.41, 5.74) is 14.0. The van der Waals surface area contributed by atoms with Crippen LogP contribution in [0.4, 0.5) is 4.39 Å². The van der Waals surface area contributed by atoms with E-state index in [9.17, 15) is 9.18 Å². The lowest BCUT2D eigenvalue weighted by Gasteiger charge is -2.24. The fourth-order valence-electron chi connectivity index (χ4n) is 4.17. The van der Waals surface area contributed by atoms with Crippen molar-refractivity contribution >= 4 is 17.5 Å². The molecule has 6 heteroatoms. The number of hydrogen-bond donors (Lipinski definition) is 3. The topological polar surface area (TPSA) is 81.1 Å². The van der Waals surface area contributed by atoms with Crippen LogP contribution in [0.25, 0.3) is 11.1 Å². The number of primary amides is 1. The molecule has 174 valence electrons. The maximum atomic E-state index is 14.9. The highest BCUT2D eigenvalue weighted by Gasteiger charge is 2.21. The molecule has 4 nitrogen and oxygen atoms in total. The fourth-order valence-corrected chi connectivity index (χ4v) is 4.38. The Hall–Kier alpha value is -2.73. The van der Waals surface area contributed by atoms with Gasteiger partial charge in [0.25, 0.3) is 0 Å². The minimum Gasteiger partial charge on any atom is -0.366 e. The second kappa shape index (κ2) is 11.9. The molecule has 0 aliphatic heterocycles. The van der Waals surface area contributed by atoms with Crippen LogP contribution in [-0.4, -0.2) is 25.0 Å². The van der Waals surface area contributed by atoms with E-state index in [1.807, 2.05) is 30.3 Å². The van der Waals surface area contributed by atoms with Crippen LogP contribution in [0, 0.1) is 5.82 Å². The molecule has 0 bridgehead atoms. The summed E-state index contributed by atoms with van der Waals surface area (Å²) in [7, 11) is 0. The lowest BCUT2D eigenvalue weighted by molar-refractivity contribution is 0.100. The van der Waals surface area contributed by atoms with Gasteiger partial charge in [0, 0.05) is 40.2 Å². The maximum Gasteiger partial charge on any atom is 0.249 e. The monoisotopic (exact) mass is 467 g/mol. The van der Waals surface area contributed by atoms with Crippen molar-refractivity contribution in [3.63, 3.8) is 0 Å². The van der Waals surface area contributed by atoms with Crippen LogP contribution in [-0.2, 0) is 0 Å². The average molecular weight is 468 g/mol. The number of carbonyl (C=O) groups excluding carboxylic acids is 1. The number of rotatable bonds is 11. The van der Waals surface area contributed by atoms with Gasteiger partial charge in [-0.1, -0.05) is 61.0 Å². The summed E-state index contributed by atoms with van der Waals surface area (Å²) in [5.74, 6) is -1.22. The van der Waals surface area contributed by atoms with E-state index in [1.165, 1.54) is 18.2 Å². The molecular formula is C27H31ClFN3O. The predicted octanol–water partition coefficient (Wildman–Crippen LogP) is 5.48. The first-order chi connectivity index (χ1) is 16.0. The summed E-state index contributed by atoms with van der Waals surface area (Å²) in [6.45, 7) is 3.54. The molecule has 0 spiro atoms. The van der Waals surface area contributed by atoms with E-state index in [0.717, 1.165) is 30.4 Å². The Bertz CT molecular complexity index is 1070. The summed E-state index contributed by atoms with van der Waals surface area (Å²) < 4.78 is 14.9. The van der Waals surface area contributed by atoms with Gasteiger partial charge < -0.3 is 16.8 Å². The molecule has 3 aromatic rings. The number of halogens is 2. The summed E-state index contributed by atoms with van der Waals surface area (Å²) in [5, 5.41) is 4.04. The Balaban J connectivity index is 2.03. The van der Waals surface area contributed by atoms with Crippen LogP contribution in [0.2, 0.25) is 5.02 Å². The van der Waals surface area contributed by atoms with Gasteiger partial charge in [-0.3, -0.25) is 4.79 Å². The normalized spacial score (nSPS) is 13.0. The molecule has 0 aliphatic rings. The number of nitrogens with one attached hydrogen (secondary N) is 1. The van der Waals surface area contributed by atoms with Crippen LogP contribution < -0.4 is 16.8 Å². The molecule has 0 saturated heterocycles. The van der Waals surface area contributed by atoms with Crippen LogP contribution in [0.5, 0.6) is 0 Å². The molecule has 0 fully saturated rings. The molecule has 3 rings (SSSR count). The zero-order chi connectivity index (χ0) is 23.8. The first-order valence-electron chi connectivity index (χ1n) is 11.3. The molecule has 5 N–H and O–H groups in total. The molecule has 0 radical (unpaired) electrons. The third-order valence-corrected chi connectivity index (χ3v) is 6.33. The third kappa shape index (κ3) is 6.20. The van der Waals surface area contributed by atoms with Crippen LogP contribution in [0.15, 0.2) is 66.7 Å². The van der Waals surface area contributed by atoms with E-state index in [-0.39, 0.29) is 17.0 Å². The smallest absolute Gasteiger partial charge is 0.249 e. The van der Waals surface area contributed by atoms with Crippen LogP contribution >= 0.6 is 11.6 Å². The summed E-state index contributed by atoms with van der Waals surface area (Å²) in [6, 6.07) is 20.4. The number of amides is 1. The third-order valence-electron chi connectivity index (χ3n) is 6.00. The van der Waals surface area contributed by atoms with Gasteiger partial charge in [-0.15, -0.1) is 0 Å². The largest absolute Gasteiger partial charge is 0.366 e. The lowest BCUT2D eigenvalue weighted by Crippen LogP contribution is -2.33. The van der Waals surface area contributed by atoms with E-state index in [1.54, 1.807) is 6.07 Å². The van der Waals surface area contributed by atoms with Crippen molar-refractivity contribution in [3.05, 3.63) is 94.3 Å². The SMILES string of the molecule is CC[C@@H](CCCN)NCC(c1ccccc1)c1ccc(Cl)c(-c2c(F)cccc2C(N)=O)c1.